The van der Waals surface area contributed by atoms with E-state index in [2.05, 4.69) is 17.2 Å². The van der Waals surface area contributed by atoms with E-state index < -0.39 is 0 Å². The van der Waals surface area contributed by atoms with Gasteiger partial charge in [-0.3, -0.25) is 0 Å². The second kappa shape index (κ2) is 6.21. The summed E-state index contributed by atoms with van der Waals surface area (Å²) >= 11 is 6.13. The van der Waals surface area contributed by atoms with Crippen molar-refractivity contribution in [3.8, 4) is 6.07 Å². The van der Waals surface area contributed by atoms with Crippen LogP contribution in [0.5, 0.6) is 0 Å². The number of hydrogen-bond acceptors (Lipinski definition) is 3. The van der Waals surface area contributed by atoms with Crippen LogP contribution in [0.3, 0.4) is 0 Å². The molecule has 0 unspecified atom stereocenters. The lowest BCUT2D eigenvalue weighted by atomic mass is 10.1. The summed E-state index contributed by atoms with van der Waals surface area (Å²) in [6.45, 7) is 2.07. The summed E-state index contributed by atoms with van der Waals surface area (Å²) in [5.41, 5.74) is 1.67. The number of halogens is 1. The quantitative estimate of drug-likeness (QED) is 0.923. The molecule has 3 nitrogen and oxygen atoms in total. The second-order valence-corrected chi connectivity index (χ2v) is 4.79. The van der Waals surface area contributed by atoms with Crippen molar-refractivity contribution < 1.29 is 0 Å². The van der Waals surface area contributed by atoms with Gasteiger partial charge in [0.05, 0.1) is 5.56 Å². The summed E-state index contributed by atoms with van der Waals surface area (Å²) < 4.78 is 0. The Balaban J connectivity index is 1.99. The molecule has 1 aromatic carbocycles. The third-order valence-corrected chi connectivity index (χ3v) is 3.14. The molecule has 1 aromatic heterocycles. The van der Waals surface area contributed by atoms with Gasteiger partial charge in [-0.05, 0) is 37.1 Å². The first-order valence-corrected chi connectivity index (χ1v) is 6.43. The van der Waals surface area contributed by atoms with E-state index in [9.17, 15) is 0 Å². The molecule has 1 atom stereocenters. The molecule has 19 heavy (non-hydrogen) atoms. The van der Waals surface area contributed by atoms with Gasteiger partial charge in [0.2, 0.25) is 0 Å². The molecular weight excluding hydrogens is 258 g/mol. The zero-order valence-corrected chi connectivity index (χ0v) is 11.4. The van der Waals surface area contributed by atoms with Gasteiger partial charge in [-0.2, -0.15) is 5.26 Å². The molecule has 0 bridgehead atoms. The van der Waals surface area contributed by atoms with E-state index in [0.29, 0.717) is 5.56 Å². The van der Waals surface area contributed by atoms with E-state index in [4.69, 9.17) is 16.9 Å². The second-order valence-electron chi connectivity index (χ2n) is 4.38. The molecule has 0 saturated carbocycles. The highest BCUT2D eigenvalue weighted by Gasteiger charge is 2.07. The smallest absolute Gasteiger partial charge is 0.126 e. The summed E-state index contributed by atoms with van der Waals surface area (Å²) in [6, 6.07) is 13.6. The topological polar surface area (TPSA) is 48.7 Å². The van der Waals surface area contributed by atoms with Crippen LogP contribution in [-0.4, -0.2) is 11.0 Å². The highest BCUT2D eigenvalue weighted by Crippen LogP contribution is 2.17. The molecule has 1 heterocycles. The van der Waals surface area contributed by atoms with Gasteiger partial charge in [0, 0.05) is 17.3 Å². The third kappa shape index (κ3) is 3.70. The lowest BCUT2D eigenvalue weighted by molar-refractivity contribution is 0.785. The number of hydrogen-bond donors (Lipinski definition) is 1. The van der Waals surface area contributed by atoms with Crippen LogP contribution in [0.2, 0.25) is 5.02 Å². The molecule has 0 aliphatic rings. The fraction of sp³-hybridized carbons (Fsp3) is 0.200. The van der Waals surface area contributed by atoms with Crippen LogP contribution in [0.4, 0.5) is 5.82 Å². The van der Waals surface area contributed by atoms with Crippen LogP contribution in [0, 0.1) is 11.3 Å². The van der Waals surface area contributed by atoms with E-state index in [1.807, 2.05) is 36.4 Å². The monoisotopic (exact) mass is 271 g/mol. The summed E-state index contributed by atoms with van der Waals surface area (Å²) in [7, 11) is 0. The predicted molar refractivity (Wildman–Crippen MR) is 77.2 cm³/mol. The van der Waals surface area contributed by atoms with Crippen molar-refractivity contribution >= 4 is 17.4 Å². The molecule has 0 aliphatic carbocycles. The molecule has 0 aliphatic heterocycles. The Morgan fingerprint density at radius 3 is 2.74 bits per heavy atom. The minimum Gasteiger partial charge on any atom is -0.367 e. The van der Waals surface area contributed by atoms with Crippen molar-refractivity contribution in [1.29, 1.82) is 5.26 Å². The van der Waals surface area contributed by atoms with Gasteiger partial charge in [0.15, 0.2) is 0 Å². The van der Waals surface area contributed by atoms with E-state index in [1.165, 1.54) is 0 Å². The Bertz CT molecular complexity index is 587. The minimum atomic E-state index is 0.209. The van der Waals surface area contributed by atoms with Crippen LogP contribution in [0.1, 0.15) is 18.1 Å². The maximum atomic E-state index is 8.71. The third-order valence-electron chi connectivity index (χ3n) is 2.77. The standard InChI is InChI=1S/C15H14ClN3/c1-11(8-13-4-2-3-5-14(13)16)19-15-7-6-12(9-17)10-18-15/h2-7,10-11H,8H2,1H3,(H,18,19)/t11-/m1/s1. The number of nitrogens with zero attached hydrogens (tertiary/aromatic N) is 2. The number of nitriles is 1. The maximum Gasteiger partial charge on any atom is 0.126 e. The molecule has 2 rings (SSSR count). The molecule has 0 spiro atoms. The first kappa shape index (κ1) is 13.4. The number of rotatable bonds is 4. The number of aromatic nitrogens is 1. The van der Waals surface area contributed by atoms with Gasteiger partial charge < -0.3 is 5.32 Å². The average molecular weight is 272 g/mol. The van der Waals surface area contributed by atoms with E-state index in [-0.39, 0.29) is 6.04 Å². The van der Waals surface area contributed by atoms with Crippen molar-refractivity contribution in [1.82, 2.24) is 4.98 Å². The number of anilines is 1. The Hall–Kier alpha value is -2.05. The zero-order valence-electron chi connectivity index (χ0n) is 10.6. The molecule has 0 fully saturated rings. The molecule has 2 aromatic rings. The number of benzene rings is 1. The Morgan fingerprint density at radius 1 is 1.32 bits per heavy atom. The van der Waals surface area contributed by atoms with E-state index >= 15 is 0 Å². The van der Waals surface area contributed by atoms with Crippen LogP contribution < -0.4 is 5.32 Å². The van der Waals surface area contributed by atoms with Crippen LogP contribution >= 0.6 is 11.6 Å². The van der Waals surface area contributed by atoms with E-state index in [1.54, 1.807) is 12.3 Å². The summed E-state index contributed by atoms with van der Waals surface area (Å²) in [5.74, 6) is 0.763. The summed E-state index contributed by atoms with van der Waals surface area (Å²) in [6.07, 6.45) is 2.38. The zero-order chi connectivity index (χ0) is 13.7. The molecule has 0 amide bonds. The Kier molecular flexibility index (Phi) is 4.38. The van der Waals surface area contributed by atoms with Gasteiger partial charge in [-0.1, -0.05) is 29.8 Å². The van der Waals surface area contributed by atoms with Crippen LogP contribution in [0.15, 0.2) is 42.6 Å². The number of nitrogens with one attached hydrogen (secondary N) is 1. The molecule has 4 heteroatoms. The molecule has 96 valence electrons. The SMILES string of the molecule is C[C@H](Cc1ccccc1Cl)Nc1ccc(C#N)cn1. The molecule has 0 saturated heterocycles. The van der Waals surface area contributed by atoms with Gasteiger partial charge >= 0.3 is 0 Å². The van der Waals surface area contributed by atoms with Crippen molar-refractivity contribution in [3.63, 3.8) is 0 Å². The van der Waals surface area contributed by atoms with Gasteiger partial charge in [-0.25, -0.2) is 4.98 Å². The van der Waals surface area contributed by atoms with Crippen LogP contribution in [0.25, 0.3) is 0 Å². The van der Waals surface area contributed by atoms with E-state index in [0.717, 1.165) is 22.8 Å². The summed E-state index contributed by atoms with van der Waals surface area (Å²) in [5, 5.41) is 12.8. The number of pyridine rings is 1. The highest BCUT2D eigenvalue weighted by atomic mass is 35.5. The lowest BCUT2D eigenvalue weighted by Crippen LogP contribution is -2.19. The molecular formula is C15H14ClN3. The normalized spacial score (nSPS) is 11.6. The lowest BCUT2D eigenvalue weighted by Gasteiger charge is -2.15. The van der Waals surface area contributed by atoms with Gasteiger partial charge in [0.1, 0.15) is 11.9 Å². The van der Waals surface area contributed by atoms with Crippen molar-refractivity contribution in [2.75, 3.05) is 5.32 Å². The first-order valence-electron chi connectivity index (χ1n) is 6.05. The highest BCUT2D eigenvalue weighted by molar-refractivity contribution is 6.31. The maximum absolute atomic E-state index is 8.71. The van der Waals surface area contributed by atoms with Gasteiger partial charge in [-0.15, -0.1) is 0 Å². The molecule has 0 radical (unpaired) electrons. The largest absolute Gasteiger partial charge is 0.367 e. The predicted octanol–water partition coefficient (Wildman–Crippen LogP) is 3.65. The van der Waals surface area contributed by atoms with Crippen molar-refractivity contribution in [2.24, 2.45) is 0 Å². The fourth-order valence-corrected chi connectivity index (χ4v) is 2.06. The van der Waals surface area contributed by atoms with Gasteiger partial charge in [0.25, 0.3) is 0 Å². The fourth-order valence-electron chi connectivity index (χ4n) is 1.84. The van der Waals surface area contributed by atoms with Crippen molar-refractivity contribution in [3.05, 3.63) is 58.7 Å². The Labute approximate surface area is 117 Å². The average Bonchev–Trinajstić information content (AvgIpc) is 2.42. The minimum absolute atomic E-state index is 0.209. The Morgan fingerprint density at radius 2 is 2.11 bits per heavy atom. The molecule has 1 N–H and O–H groups in total. The first-order chi connectivity index (χ1) is 9.19. The summed E-state index contributed by atoms with van der Waals surface area (Å²) in [4.78, 5) is 4.19. The van der Waals surface area contributed by atoms with Crippen LogP contribution in [-0.2, 0) is 6.42 Å². The van der Waals surface area contributed by atoms with Crippen molar-refractivity contribution in [2.45, 2.75) is 19.4 Å².